The van der Waals surface area contributed by atoms with Crippen molar-refractivity contribution in [2.75, 3.05) is 41.5 Å². The van der Waals surface area contributed by atoms with Crippen molar-refractivity contribution < 1.29 is 14.2 Å². The van der Waals surface area contributed by atoms with Crippen molar-refractivity contribution in [3.05, 3.63) is 0 Å². The lowest BCUT2D eigenvalue weighted by molar-refractivity contribution is -0.111. The normalized spacial score (nSPS) is 39.8. The molecule has 148 valence electrons. The number of nitrogens with one attached hydrogen (secondary N) is 1. The van der Waals surface area contributed by atoms with E-state index >= 15 is 0 Å². The molecule has 1 N–H and O–H groups in total. The van der Waals surface area contributed by atoms with Crippen LogP contribution in [0.1, 0.15) is 33.1 Å². The average molecular weight is 367 g/mol. The third-order valence-corrected chi connectivity index (χ3v) is 6.16. The van der Waals surface area contributed by atoms with E-state index in [-0.39, 0.29) is 35.7 Å². The van der Waals surface area contributed by atoms with Crippen LogP contribution in [0.2, 0.25) is 0 Å². The Bertz CT molecular complexity index is 559. The van der Waals surface area contributed by atoms with Crippen LogP contribution in [-0.4, -0.2) is 82.5 Å². The van der Waals surface area contributed by atoms with E-state index in [4.69, 9.17) is 24.2 Å². The summed E-state index contributed by atoms with van der Waals surface area (Å²) in [6.45, 7) is 6.08. The summed E-state index contributed by atoms with van der Waals surface area (Å²) in [5, 5.41) is 3.42. The van der Waals surface area contributed by atoms with Crippen molar-refractivity contribution in [3.8, 4) is 0 Å². The Morgan fingerprint density at radius 3 is 2.65 bits per heavy atom. The molecule has 7 nitrogen and oxygen atoms in total. The van der Waals surface area contributed by atoms with Gasteiger partial charge in [0.15, 0.2) is 0 Å². The maximum atomic E-state index is 5.78. The smallest absolute Gasteiger partial charge is 0.220 e. The lowest BCUT2D eigenvalue weighted by Crippen LogP contribution is -2.61. The highest BCUT2D eigenvalue weighted by molar-refractivity contribution is 6.01. The lowest BCUT2D eigenvalue weighted by Gasteiger charge is -2.52. The first kappa shape index (κ1) is 19.6. The van der Waals surface area contributed by atoms with Gasteiger partial charge in [-0.15, -0.1) is 0 Å². The van der Waals surface area contributed by atoms with E-state index < -0.39 is 0 Å². The minimum atomic E-state index is -0.173. The summed E-state index contributed by atoms with van der Waals surface area (Å²) in [5.41, 5.74) is -0.173. The molecule has 0 bridgehead atoms. The molecule has 26 heavy (non-hydrogen) atoms. The van der Waals surface area contributed by atoms with Crippen molar-refractivity contribution in [2.24, 2.45) is 21.3 Å². The second-order valence-corrected chi connectivity index (χ2v) is 8.20. The maximum absolute atomic E-state index is 5.78. The molecule has 3 rings (SSSR count). The van der Waals surface area contributed by atoms with Gasteiger partial charge in [0.05, 0.1) is 29.8 Å². The highest BCUT2D eigenvalue weighted by Crippen LogP contribution is 2.46. The van der Waals surface area contributed by atoms with Crippen LogP contribution in [0.4, 0.5) is 0 Å². The van der Waals surface area contributed by atoms with E-state index in [1.165, 1.54) is 0 Å². The summed E-state index contributed by atoms with van der Waals surface area (Å²) in [7, 11) is 7.64. The van der Waals surface area contributed by atoms with Crippen molar-refractivity contribution in [1.82, 2.24) is 10.2 Å². The van der Waals surface area contributed by atoms with E-state index in [0.717, 1.165) is 38.2 Å². The van der Waals surface area contributed by atoms with Gasteiger partial charge >= 0.3 is 0 Å². The molecule has 6 unspecified atom stereocenters. The summed E-state index contributed by atoms with van der Waals surface area (Å²) >= 11 is 0. The fourth-order valence-electron chi connectivity index (χ4n) is 4.92. The largest absolute Gasteiger partial charge is 0.379 e. The molecule has 2 fully saturated rings. The number of fused-ring (bicyclic) bond motifs is 1. The first-order valence-corrected chi connectivity index (χ1v) is 9.66. The molecule has 3 aliphatic rings. The number of methoxy groups -OCH3 is 2. The van der Waals surface area contributed by atoms with E-state index in [2.05, 4.69) is 38.2 Å². The molecule has 1 saturated heterocycles. The highest BCUT2D eigenvalue weighted by Gasteiger charge is 2.54. The Hall–Kier alpha value is -1.18. The lowest BCUT2D eigenvalue weighted by atomic mass is 9.63. The number of guanidine groups is 1. The quantitative estimate of drug-likeness (QED) is 0.817. The van der Waals surface area contributed by atoms with Crippen LogP contribution >= 0.6 is 0 Å². The molecule has 0 aromatic carbocycles. The molecule has 1 aliphatic carbocycles. The zero-order valence-electron chi connectivity index (χ0n) is 17.0. The molecule has 0 aromatic heterocycles. The number of hydrogen-bond donors (Lipinski definition) is 1. The van der Waals surface area contributed by atoms with Crippen LogP contribution in [0.5, 0.6) is 0 Å². The Morgan fingerprint density at radius 2 is 2.08 bits per heavy atom. The summed E-state index contributed by atoms with van der Waals surface area (Å²) in [5.74, 6) is 1.99. The molecule has 0 aromatic rings. The minimum Gasteiger partial charge on any atom is -0.379 e. The van der Waals surface area contributed by atoms with Gasteiger partial charge < -0.3 is 24.4 Å². The van der Waals surface area contributed by atoms with Gasteiger partial charge in [-0.05, 0) is 19.3 Å². The van der Waals surface area contributed by atoms with Crippen LogP contribution in [-0.2, 0) is 14.2 Å². The summed E-state index contributed by atoms with van der Waals surface area (Å²) < 4.78 is 17.3. The van der Waals surface area contributed by atoms with Gasteiger partial charge in [0.2, 0.25) is 5.96 Å². The molecule has 1 saturated carbocycles. The van der Waals surface area contributed by atoms with Gasteiger partial charge in [-0.2, -0.15) is 4.99 Å². The molecule has 0 radical (unpaired) electrons. The number of ether oxygens (including phenoxy) is 3. The van der Waals surface area contributed by atoms with Gasteiger partial charge in [-0.1, -0.05) is 13.8 Å². The molecule has 2 heterocycles. The van der Waals surface area contributed by atoms with E-state index in [0.29, 0.717) is 5.96 Å². The molecule has 7 heteroatoms. The number of hydrogen-bond acceptors (Lipinski definition) is 7. The van der Waals surface area contributed by atoms with Gasteiger partial charge in [0.1, 0.15) is 5.84 Å². The van der Waals surface area contributed by atoms with E-state index in [1.54, 1.807) is 14.2 Å². The zero-order valence-corrected chi connectivity index (χ0v) is 17.0. The van der Waals surface area contributed by atoms with Gasteiger partial charge in [-0.3, -0.25) is 0 Å². The van der Waals surface area contributed by atoms with Crippen molar-refractivity contribution in [3.63, 3.8) is 0 Å². The monoisotopic (exact) mass is 366 g/mol. The van der Waals surface area contributed by atoms with Gasteiger partial charge in [0.25, 0.3) is 0 Å². The Kier molecular flexibility index (Phi) is 5.89. The topological polar surface area (TPSA) is 67.7 Å². The fraction of sp³-hybridized carbons (Fsp3) is 0.895. The molecular formula is C19H34N4O3. The molecule has 0 amide bonds. The summed E-state index contributed by atoms with van der Waals surface area (Å²) in [4.78, 5) is 12.0. The first-order valence-electron chi connectivity index (χ1n) is 9.66. The second-order valence-electron chi connectivity index (χ2n) is 8.20. The van der Waals surface area contributed by atoms with Crippen LogP contribution in [0, 0.1) is 11.3 Å². The predicted octanol–water partition coefficient (Wildman–Crippen LogP) is 1.53. The summed E-state index contributed by atoms with van der Waals surface area (Å²) in [6.07, 6.45) is 3.41. The van der Waals surface area contributed by atoms with Crippen LogP contribution in [0.25, 0.3) is 0 Å². The van der Waals surface area contributed by atoms with Crippen LogP contribution in [0.3, 0.4) is 0 Å². The molecular weight excluding hydrogens is 332 g/mol. The van der Waals surface area contributed by atoms with Crippen LogP contribution in [0.15, 0.2) is 9.98 Å². The molecule has 2 aliphatic heterocycles. The van der Waals surface area contributed by atoms with Crippen molar-refractivity contribution >= 4 is 11.8 Å². The highest BCUT2D eigenvalue weighted by atomic mass is 16.5. The maximum Gasteiger partial charge on any atom is 0.220 e. The standard InChI is InChI=1S/C19H34N4O3/c1-12-15(25-6)14(24-5)10-19(2)16(12)21-18(22-17(19)23(3)4)20-11-13-8-7-9-26-13/h12-16H,7-11H2,1-6H3,(H,20,21). The third kappa shape index (κ3) is 3.49. The number of nitrogens with zero attached hydrogens (tertiary/aromatic N) is 3. The third-order valence-electron chi connectivity index (χ3n) is 6.16. The Labute approximate surface area is 157 Å². The van der Waals surface area contributed by atoms with Crippen molar-refractivity contribution in [1.29, 1.82) is 0 Å². The Morgan fingerprint density at radius 1 is 1.31 bits per heavy atom. The first-order chi connectivity index (χ1) is 12.4. The predicted molar refractivity (Wildman–Crippen MR) is 103 cm³/mol. The SMILES string of the molecule is COC1CC2(C)C(N(C)C)=NC(NCC3CCCO3)=NC2C(C)C1OC. The van der Waals surface area contributed by atoms with Crippen molar-refractivity contribution in [2.45, 2.75) is 57.5 Å². The van der Waals surface area contributed by atoms with E-state index in [1.807, 2.05) is 0 Å². The second kappa shape index (κ2) is 7.82. The molecule has 6 atom stereocenters. The average Bonchev–Trinajstić information content (AvgIpc) is 3.13. The van der Waals surface area contributed by atoms with Gasteiger partial charge in [-0.25, -0.2) is 4.99 Å². The minimum absolute atomic E-state index is 0.0303. The zero-order chi connectivity index (χ0) is 18.9. The van der Waals surface area contributed by atoms with Crippen LogP contribution < -0.4 is 5.32 Å². The number of aliphatic imine (C=N–C) groups is 2. The number of rotatable bonds is 4. The number of amidine groups is 1. The van der Waals surface area contributed by atoms with E-state index in [9.17, 15) is 0 Å². The fourth-order valence-corrected chi connectivity index (χ4v) is 4.92. The summed E-state index contributed by atoms with van der Waals surface area (Å²) in [6, 6.07) is 0.0979. The molecule has 0 spiro atoms. The van der Waals surface area contributed by atoms with Gasteiger partial charge in [0, 0.05) is 47.4 Å². The Balaban J connectivity index is 1.86.